The van der Waals surface area contributed by atoms with Gasteiger partial charge in [-0.2, -0.15) is 5.10 Å². The molecule has 8 nitrogen and oxygen atoms in total. The molecule has 0 bridgehead atoms. The molecule has 4 rings (SSSR count). The lowest BCUT2D eigenvalue weighted by Crippen LogP contribution is -2.45. The van der Waals surface area contributed by atoms with Gasteiger partial charge < -0.3 is 14.8 Å². The number of nitrogens with zero attached hydrogens (tertiary/aromatic N) is 3. The van der Waals surface area contributed by atoms with Gasteiger partial charge in [-0.3, -0.25) is 14.3 Å². The van der Waals surface area contributed by atoms with Crippen LogP contribution in [0, 0.1) is 5.82 Å². The van der Waals surface area contributed by atoms with Crippen LogP contribution in [0.25, 0.3) is 5.52 Å². The average molecular weight is 331 g/mol. The molecule has 0 aliphatic carbocycles. The number of halogens is 1. The standard InChI is InChI=1S/C15H14FN5O3/c16-10-2-1-3-21-12(10)6-17-14(21)15(22)20-11-7-23-8-13(11)24-9-4-18-19-5-9/h1-6,11,13H,7-8H2,(H,18,19)(H,20,22)/t11-,13+/m0/s1. The SMILES string of the molecule is O=C(N[C@H]1COC[C@H]1Oc1cn[nH]c1)c1ncc2c(F)cccn12. The Hall–Kier alpha value is -2.94. The topological polar surface area (TPSA) is 93.5 Å². The number of nitrogens with one attached hydrogen (secondary N) is 2. The van der Waals surface area contributed by atoms with Crippen LogP contribution in [0.1, 0.15) is 10.6 Å². The van der Waals surface area contributed by atoms with E-state index in [1.54, 1.807) is 18.6 Å². The lowest BCUT2D eigenvalue weighted by Gasteiger charge is -2.19. The summed E-state index contributed by atoms with van der Waals surface area (Å²) in [6, 6.07) is 2.50. The molecule has 124 valence electrons. The van der Waals surface area contributed by atoms with E-state index in [-0.39, 0.29) is 23.5 Å². The lowest BCUT2D eigenvalue weighted by molar-refractivity contribution is 0.0893. The first-order valence-electron chi connectivity index (χ1n) is 7.38. The van der Waals surface area contributed by atoms with Crippen molar-refractivity contribution in [2.75, 3.05) is 13.2 Å². The molecule has 0 spiro atoms. The Morgan fingerprint density at radius 3 is 3.21 bits per heavy atom. The van der Waals surface area contributed by atoms with Gasteiger partial charge in [0.2, 0.25) is 5.82 Å². The largest absolute Gasteiger partial charge is 0.482 e. The molecule has 0 unspecified atom stereocenters. The summed E-state index contributed by atoms with van der Waals surface area (Å²) >= 11 is 0. The highest BCUT2D eigenvalue weighted by Crippen LogP contribution is 2.16. The third-order valence-electron chi connectivity index (χ3n) is 3.83. The molecule has 3 aromatic heterocycles. The molecule has 1 amide bonds. The molecule has 1 fully saturated rings. The molecular formula is C15H14FN5O3. The van der Waals surface area contributed by atoms with Gasteiger partial charge in [0.25, 0.3) is 5.91 Å². The van der Waals surface area contributed by atoms with Crippen molar-refractivity contribution in [3.63, 3.8) is 0 Å². The average Bonchev–Trinajstić information content (AvgIpc) is 3.30. The van der Waals surface area contributed by atoms with Gasteiger partial charge in [-0.05, 0) is 12.1 Å². The van der Waals surface area contributed by atoms with E-state index in [9.17, 15) is 9.18 Å². The Morgan fingerprint density at radius 1 is 1.46 bits per heavy atom. The molecule has 0 aromatic carbocycles. The van der Waals surface area contributed by atoms with Crippen LogP contribution in [0.5, 0.6) is 5.75 Å². The van der Waals surface area contributed by atoms with Crippen molar-refractivity contribution in [1.82, 2.24) is 24.9 Å². The maximum atomic E-state index is 13.7. The van der Waals surface area contributed by atoms with Gasteiger partial charge >= 0.3 is 0 Å². The predicted molar refractivity (Wildman–Crippen MR) is 80.2 cm³/mol. The van der Waals surface area contributed by atoms with E-state index in [1.165, 1.54) is 22.7 Å². The second-order valence-electron chi connectivity index (χ2n) is 5.40. The van der Waals surface area contributed by atoms with Gasteiger partial charge in [-0.1, -0.05) is 0 Å². The minimum Gasteiger partial charge on any atom is -0.482 e. The summed E-state index contributed by atoms with van der Waals surface area (Å²) in [5.41, 5.74) is 0.247. The molecule has 4 heterocycles. The summed E-state index contributed by atoms with van der Waals surface area (Å²) in [5.74, 6) is -0.178. The van der Waals surface area contributed by atoms with Gasteiger partial charge in [0.15, 0.2) is 5.75 Å². The molecule has 1 aliphatic rings. The van der Waals surface area contributed by atoms with E-state index in [2.05, 4.69) is 20.5 Å². The minimum absolute atomic E-state index is 0.110. The number of carbonyl (C=O) groups is 1. The van der Waals surface area contributed by atoms with Crippen LogP contribution in [-0.2, 0) is 4.74 Å². The second kappa shape index (κ2) is 5.93. The van der Waals surface area contributed by atoms with Gasteiger partial charge in [-0.25, -0.2) is 9.37 Å². The number of rotatable bonds is 4. The third kappa shape index (κ3) is 2.58. The predicted octanol–water partition coefficient (Wildman–Crippen LogP) is 0.773. The highest BCUT2D eigenvalue weighted by molar-refractivity contribution is 5.92. The number of fused-ring (bicyclic) bond motifs is 1. The molecule has 2 N–H and O–H groups in total. The van der Waals surface area contributed by atoms with Crippen molar-refractivity contribution >= 4 is 11.4 Å². The summed E-state index contributed by atoms with van der Waals surface area (Å²) in [7, 11) is 0. The number of hydrogen-bond donors (Lipinski definition) is 2. The first-order chi connectivity index (χ1) is 11.7. The summed E-state index contributed by atoms with van der Waals surface area (Å²) in [4.78, 5) is 16.5. The maximum absolute atomic E-state index is 13.7. The molecule has 0 radical (unpaired) electrons. The number of hydrogen-bond acceptors (Lipinski definition) is 5. The number of ether oxygens (including phenoxy) is 2. The Kier molecular flexibility index (Phi) is 3.62. The first-order valence-corrected chi connectivity index (χ1v) is 7.38. The summed E-state index contributed by atoms with van der Waals surface area (Å²) in [6.45, 7) is 0.680. The van der Waals surface area contributed by atoms with Crippen molar-refractivity contribution < 1.29 is 18.7 Å². The number of pyridine rings is 1. The highest BCUT2D eigenvalue weighted by Gasteiger charge is 2.32. The molecule has 1 saturated heterocycles. The fourth-order valence-corrected chi connectivity index (χ4v) is 2.65. The van der Waals surface area contributed by atoms with Gasteiger partial charge in [0, 0.05) is 6.20 Å². The molecule has 0 saturated carbocycles. The van der Waals surface area contributed by atoms with E-state index in [0.29, 0.717) is 19.0 Å². The molecule has 2 atom stereocenters. The summed E-state index contributed by atoms with van der Waals surface area (Å²) in [6.07, 6.45) is 5.73. The molecule has 3 aromatic rings. The lowest BCUT2D eigenvalue weighted by atomic mass is 10.2. The fourth-order valence-electron chi connectivity index (χ4n) is 2.65. The monoisotopic (exact) mass is 331 g/mol. The van der Waals surface area contributed by atoms with Gasteiger partial charge in [-0.15, -0.1) is 0 Å². The van der Waals surface area contributed by atoms with E-state index in [0.717, 1.165) is 0 Å². The first kappa shape index (κ1) is 14.6. The Balaban J connectivity index is 1.51. The van der Waals surface area contributed by atoms with E-state index < -0.39 is 11.7 Å². The van der Waals surface area contributed by atoms with Gasteiger partial charge in [0.05, 0.1) is 37.8 Å². The third-order valence-corrected chi connectivity index (χ3v) is 3.83. The van der Waals surface area contributed by atoms with Crippen LogP contribution in [0.2, 0.25) is 0 Å². The Morgan fingerprint density at radius 2 is 2.38 bits per heavy atom. The Bertz CT molecular complexity index is 863. The minimum atomic E-state index is -0.436. The second-order valence-corrected chi connectivity index (χ2v) is 5.40. The molecular weight excluding hydrogens is 317 g/mol. The summed E-state index contributed by atoms with van der Waals surface area (Å²) < 4.78 is 26.2. The van der Waals surface area contributed by atoms with Crippen LogP contribution in [0.15, 0.2) is 36.9 Å². The van der Waals surface area contributed by atoms with Crippen molar-refractivity contribution in [2.24, 2.45) is 0 Å². The van der Waals surface area contributed by atoms with Crippen LogP contribution >= 0.6 is 0 Å². The number of aromatic nitrogens is 4. The number of carbonyl (C=O) groups excluding carboxylic acids is 1. The van der Waals surface area contributed by atoms with Crippen molar-refractivity contribution in [3.05, 3.63) is 48.6 Å². The fraction of sp³-hybridized carbons (Fsp3) is 0.267. The zero-order chi connectivity index (χ0) is 16.5. The van der Waals surface area contributed by atoms with Crippen LogP contribution in [0.4, 0.5) is 4.39 Å². The quantitative estimate of drug-likeness (QED) is 0.737. The highest BCUT2D eigenvalue weighted by atomic mass is 19.1. The van der Waals surface area contributed by atoms with E-state index in [4.69, 9.17) is 9.47 Å². The molecule has 9 heteroatoms. The van der Waals surface area contributed by atoms with Crippen molar-refractivity contribution in [1.29, 1.82) is 0 Å². The van der Waals surface area contributed by atoms with Crippen molar-refractivity contribution in [2.45, 2.75) is 12.1 Å². The number of amides is 1. The van der Waals surface area contributed by atoms with Crippen LogP contribution in [0.3, 0.4) is 0 Å². The zero-order valence-corrected chi connectivity index (χ0v) is 12.5. The van der Waals surface area contributed by atoms with Gasteiger partial charge in [0.1, 0.15) is 17.4 Å². The maximum Gasteiger partial charge on any atom is 0.288 e. The number of H-pyrrole nitrogens is 1. The smallest absolute Gasteiger partial charge is 0.288 e. The van der Waals surface area contributed by atoms with Crippen molar-refractivity contribution in [3.8, 4) is 5.75 Å². The molecule has 1 aliphatic heterocycles. The normalized spacial score (nSPS) is 20.4. The zero-order valence-electron chi connectivity index (χ0n) is 12.5. The molecule has 24 heavy (non-hydrogen) atoms. The van der Waals surface area contributed by atoms with E-state index >= 15 is 0 Å². The van der Waals surface area contributed by atoms with E-state index in [1.807, 2.05) is 0 Å². The van der Waals surface area contributed by atoms with Crippen LogP contribution < -0.4 is 10.1 Å². The summed E-state index contributed by atoms with van der Waals surface area (Å²) in [5, 5.41) is 9.29. The number of imidazole rings is 1. The Labute approximate surface area is 135 Å². The van der Waals surface area contributed by atoms with Crippen LogP contribution in [-0.4, -0.2) is 50.8 Å². The number of aromatic amines is 1.